The van der Waals surface area contributed by atoms with Crippen molar-refractivity contribution in [3.8, 4) is 0 Å². The maximum atomic E-state index is 10.6. The van der Waals surface area contributed by atoms with Crippen LogP contribution in [0.25, 0.3) is 10.9 Å². The number of aliphatic hydroxyl groups is 1. The van der Waals surface area contributed by atoms with E-state index in [0.29, 0.717) is 25.2 Å². The minimum atomic E-state index is -1.18. The fraction of sp³-hybridized carbons (Fsp3) is 0.520. The zero-order valence-corrected chi connectivity index (χ0v) is 23.7. The van der Waals surface area contributed by atoms with Crippen molar-refractivity contribution in [2.45, 2.75) is 57.3 Å². The van der Waals surface area contributed by atoms with Crippen LogP contribution < -0.4 is 22.9 Å². The van der Waals surface area contributed by atoms with Crippen molar-refractivity contribution < 1.29 is 44.7 Å². The molecule has 0 radical (unpaired) electrons. The van der Waals surface area contributed by atoms with E-state index in [1.807, 2.05) is 50.6 Å². The van der Waals surface area contributed by atoms with Crippen LogP contribution in [0.4, 0.5) is 0 Å². The third kappa shape index (κ3) is 18.1. The maximum absolute atomic E-state index is 10.6. The molecule has 0 spiro atoms. The molecule has 14 N–H and O–H groups in total. The fourth-order valence-electron chi connectivity index (χ4n) is 2.68. The molecule has 40 heavy (non-hydrogen) atoms. The molecule has 1 aromatic heterocycles. The summed E-state index contributed by atoms with van der Waals surface area (Å²) in [7, 11) is 0. The molecular formula is C25H43N5O9S. The van der Waals surface area contributed by atoms with E-state index >= 15 is 0 Å². The van der Waals surface area contributed by atoms with Crippen LogP contribution in [0, 0.1) is 5.92 Å². The molecule has 14 nitrogen and oxygen atoms in total. The number of hydrogen-bond acceptors (Lipinski definition) is 10. The van der Waals surface area contributed by atoms with Crippen LogP contribution in [0.3, 0.4) is 0 Å². The highest BCUT2D eigenvalue weighted by Crippen LogP contribution is 2.18. The molecule has 2 rings (SSSR count). The lowest BCUT2D eigenvalue weighted by Gasteiger charge is -2.07. The monoisotopic (exact) mass is 589 g/mol. The molecule has 0 aliphatic rings. The van der Waals surface area contributed by atoms with Crippen LogP contribution in [0.2, 0.25) is 0 Å². The van der Waals surface area contributed by atoms with E-state index in [4.69, 9.17) is 48.5 Å². The van der Waals surface area contributed by atoms with Gasteiger partial charge in [0.15, 0.2) is 0 Å². The summed E-state index contributed by atoms with van der Waals surface area (Å²) in [6.07, 6.45) is 5.19. The molecular weight excluding hydrogens is 546 g/mol. The molecule has 0 saturated carbocycles. The molecule has 0 fully saturated rings. The first-order chi connectivity index (χ1) is 18.6. The van der Waals surface area contributed by atoms with E-state index in [0.717, 1.165) is 22.2 Å². The highest BCUT2D eigenvalue weighted by atomic mass is 32.2. The van der Waals surface area contributed by atoms with Crippen LogP contribution in [-0.2, 0) is 25.6 Å². The summed E-state index contributed by atoms with van der Waals surface area (Å²) >= 11 is 1.60. The zero-order valence-electron chi connectivity index (χ0n) is 22.9. The molecule has 0 bridgehead atoms. The number of fused-ring (bicyclic) bond motifs is 1. The number of aromatic nitrogens is 1. The summed E-state index contributed by atoms with van der Waals surface area (Å²) in [6.45, 7) is 3.39. The van der Waals surface area contributed by atoms with Crippen molar-refractivity contribution in [2.75, 3.05) is 18.6 Å². The van der Waals surface area contributed by atoms with Crippen LogP contribution in [0.15, 0.2) is 30.5 Å². The normalized spacial score (nSPS) is 13.2. The number of aromatic amines is 1. The molecule has 4 atom stereocenters. The average Bonchev–Trinajstić information content (AvgIpc) is 3.29. The van der Waals surface area contributed by atoms with Gasteiger partial charge in [-0.05, 0) is 42.4 Å². The van der Waals surface area contributed by atoms with Gasteiger partial charge >= 0.3 is 23.9 Å². The van der Waals surface area contributed by atoms with Crippen LogP contribution in [-0.4, -0.2) is 97.2 Å². The smallest absolute Gasteiger partial charge is 0.322 e. The molecule has 0 saturated heterocycles. The Morgan fingerprint density at radius 2 is 1.32 bits per heavy atom. The predicted molar refractivity (Wildman–Crippen MR) is 154 cm³/mol. The minimum absolute atomic E-state index is 0.347. The zero-order chi connectivity index (χ0) is 31.4. The fourth-order valence-corrected chi connectivity index (χ4v) is 3.17. The molecule has 2 aromatic rings. The standard InChI is InChI=1S/C11H12N2O2.C6H13NO2.C5H11NO2S.C3H7NO3/c12-9(11(14)15)5-7-6-13-10-4-2-1-3-8(7)10;1-4(2)3-5(7)6(8)9;1-9-3-2-4(6)5(7)8;4-2(1-5)3(6)7/h1-4,6,9,13H,5,12H2,(H,14,15);4-5H,3,7H2,1-2H3,(H,8,9);4H,2-3,6H2,1H3,(H,7,8);2,5H,1,4H2,(H,6,7)/t9-;5-;4-;2-/m0000/s1. The highest BCUT2D eigenvalue weighted by Gasteiger charge is 2.14. The van der Waals surface area contributed by atoms with Gasteiger partial charge in [0, 0.05) is 23.5 Å². The summed E-state index contributed by atoms with van der Waals surface area (Å²) in [6, 6.07) is 4.42. The summed E-state index contributed by atoms with van der Waals surface area (Å²) in [5, 5.41) is 42.2. The number of aliphatic hydroxyl groups excluding tert-OH is 1. The highest BCUT2D eigenvalue weighted by molar-refractivity contribution is 7.98. The first-order valence-corrected chi connectivity index (χ1v) is 13.6. The second kappa shape index (κ2) is 21.6. The second-order valence-corrected chi connectivity index (χ2v) is 9.92. The van der Waals surface area contributed by atoms with Gasteiger partial charge in [0.25, 0.3) is 0 Å². The van der Waals surface area contributed by atoms with Crippen LogP contribution in [0.5, 0.6) is 0 Å². The van der Waals surface area contributed by atoms with Gasteiger partial charge in [0.2, 0.25) is 0 Å². The maximum Gasteiger partial charge on any atom is 0.322 e. The number of thioether (sulfide) groups is 1. The number of aliphatic carboxylic acids is 4. The van der Waals surface area contributed by atoms with Gasteiger partial charge in [0.05, 0.1) is 6.61 Å². The van der Waals surface area contributed by atoms with Crippen molar-refractivity contribution in [3.63, 3.8) is 0 Å². The second-order valence-electron chi connectivity index (χ2n) is 8.94. The lowest BCUT2D eigenvalue weighted by Crippen LogP contribution is -2.33. The largest absolute Gasteiger partial charge is 0.480 e. The molecule has 228 valence electrons. The van der Waals surface area contributed by atoms with E-state index in [1.165, 1.54) is 0 Å². The van der Waals surface area contributed by atoms with Gasteiger partial charge in [0.1, 0.15) is 24.2 Å². The Bertz CT molecular complexity index is 1040. The summed E-state index contributed by atoms with van der Waals surface area (Å²) in [5.74, 6) is -2.81. The first-order valence-electron chi connectivity index (χ1n) is 12.2. The van der Waals surface area contributed by atoms with Gasteiger partial charge in [-0.25, -0.2) is 0 Å². The lowest BCUT2D eigenvalue weighted by atomic mass is 10.1. The van der Waals surface area contributed by atoms with E-state index in [9.17, 15) is 19.2 Å². The molecule has 0 unspecified atom stereocenters. The van der Waals surface area contributed by atoms with Crippen molar-refractivity contribution >= 4 is 46.5 Å². The van der Waals surface area contributed by atoms with E-state index in [2.05, 4.69) is 4.98 Å². The third-order valence-corrected chi connectivity index (χ3v) is 5.58. The number of benzene rings is 1. The Morgan fingerprint density at radius 1 is 0.825 bits per heavy atom. The van der Waals surface area contributed by atoms with Crippen LogP contribution in [0.1, 0.15) is 32.3 Å². The minimum Gasteiger partial charge on any atom is -0.480 e. The number of nitrogens with two attached hydrogens (primary N) is 4. The lowest BCUT2D eigenvalue weighted by molar-refractivity contribution is -0.140. The summed E-state index contributed by atoms with van der Waals surface area (Å²) < 4.78 is 0. The number of carboxylic acids is 4. The Labute approximate surface area is 237 Å². The van der Waals surface area contributed by atoms with E-state index in [1.54, 1.807) is 11.8 Å². The number of H-pyrrole nitrogens is 1. The topological polar surface area (TPSA) is 289 Å². The molecule has 1 aromatic carbocycles. The summed E-state index contributed by atoms with van der Waals surface area (Å²) in [4.78, 5) is 43.5. The number of hydrogen-bond donors (Lipinski definition) is 10. The van der Waals surface area contributed by atoms with E-state index < -0.39 is 54.7 Å². The van der Waals surface area contributed by atoms with Crippen molar-refractivity contribution in [1.82, 2.24) is 4.98 Å². The van der Waals surface area contributed by atoms with Gasteiger partial charge in [-0.1, -0.05) is 32.0 Å². The predicted octanol–water partition coefficient (Wildman–Crippen LogP) is 0.109. The Balaban J connectivity index is 0. The number of para-hydroxylation sites is 1. The molecule has 0 aliphatic heterocycles. The number of carbonyl (C=O) groups is 4. The Hall–Kier alpha value is -3.21. The van der Waals surface area contributed by atoms with Gasteiger partial charge in [-0.2, -0.15) is 11.8 Å². The third-order valence-electron chi connectivity index (χ3n) is 4.94. The van der Waals surface area contributed by atoms with Gasteiger partial charge in [-0.3, -0.25) is 19.2 Å². The Kier molecular flexibility index (Phi) is 21.0. The van der Waals surface area contributed by atoms with Crippen molar-refractivity contribution in [2.24, 2.45) is 28.9 Å². The molecule has 0 aliphatic carbocycles. The first kappa shape index (κ1) is 38.9. The molecule has 1 heterocycles. The SMILES string of the molecule is CC(C)C[C@H](N)C(=O)O.CSCC[C@H](N)C(=O)O.N[C@@H](CO)C(=O)O.N[C@@H](Cc1c[nH]c2ccccc12)C(=O)O. The van der Waals surface area contributed by atoms with Gasteiger partial charge < -0.3 is 53.5 Å². The quantitative estimate of drug-likeness (QED) is 0.157. The Morgan fingerprint density at radius 3 is 1.70 bits per heavy atom. The van der Waals surface area contributed by atoms with Crippen LogP contribution >= 0.6 is 11.8 Å². The average molecular weight is 590 g/mol. The summed E-state index contributed by atoms with van der Waals surface area (Å²) in [5.41, 5.74) is 22.6. The van der Waals surface area contributed by atoms with Crippen molar-refractivity contribution in [3.05, 3.63) is 36.0 Å². The molecule has 0 amide bonds. The number of carboxylic acid groups (broad SMARTS) is 4. The number of nitrogens with one attached hydrogen (secondary N) is 1. The van der Waals surface area contributed by atoms with Crippen molar-refractivity contribution in [1.29, 1.82) is 0 Å². The molecule has 15 heteroatoms. The van der Waals surface area contributed by atoms with Gasteiger partial charge in [-0.15, -0.1) is 0 Å². The van der Waals surface area contributed by atoms with E-state index in [-0.39, 0.29) is 0 Å². The number of rotatable bonds is 12.